The number of halogens is 1. The smallest absolute Gasteiger partial charge is 0.251 e. The zero-order valence-corrected chi connectivity index (χ0v) is 13.9. The van der Waals surface area contributed by atoms with Gasteiger partial charge in [0.25, 0.3) is 5.91 Å². The maximum absolute atomic E-state index is 12.9. The van der Waals surface area contributed by atoms with Gasteiger partial charge in [0.05, 0.1) is 0 Å². The molecule has 2 fully saturated rings. The van der Waals surface area contributed by atoms with E-state index in [9.17, 15) is 14.0 Å². The maximum atomic E-state index is 12.9. The van der Waals surface area contributed by atoms with Crippen molar-refractivity contribution in [1.82, 2.24) is 15.5 Å². The molecule has 2 heterocycles. The van der Waals surface area contributed by atoms with Crippen molar-refractivity contribution in [3.05, 3.63) is 35.6 Å². The van der Waals surface area contributed by atoms with Gasteiger partial charge in [-0.15, -0.1) is 0 Å². The van der Waals surface area contributed by atoms with Crippen LogP contribution in [-0.4, -0.2) is 48.9 Å². The first-order chi connectivity index (χ1) is 11.5. The molecule has 2 N–H and O–H groups in total. The van der Waals surface area contributed by atoms with Crippen LogP contribution in [0.3, 0.4) is 0 Å². The molecule has 1 unspecified atom stereocenters. The molecule has 2 saturated heterocycles. The van der Waals surface area contributed by atoms with Crippen molar-refractivity contribution in [2.45, 2.75) is 25.8 Å². The van der Waals surface area contributed by atoms with Gasteiger partial charge in [-0.1, -0.05) is 6.92 Å². The largest absolute Gasteiger partial charge is 0.349 e. The van der Waals surface area contributed by atoms with Crippen LogP contribution >= 0.6 is 0 Å². The molecular formula is C18H24FN3O2. The zero-order valence-electron chi connectivity index (χ0n) is 13.9. The summed E-state index contributed by atoms with van der Waals surface area (Å²) in [6, 6.07) is 5.60. The number of rotatable bonds is 4. The third-order valence-corrected chi connectivity index (χ3v) is 5.16. The van der Waals surface area contributed by atoms with Gasteiger partial charge in [-0.3, -0.25) is 9.59 Å². The molecule has 1 aromatic rings. The summed E-state index contributed by atoms with van der Waals surface area (Å²) in [5.74, 6) is 0.206. The molecule has 5 nitrogen and oxygen atoms in total. The summed E-state index contributed by atoms with van der Waals surface area (Å²) in [7, 11) is 0. The molecule has 0 aromatic heterocycles. The van der Waals surface area contributed by atoms with Gasteiger partial charge in [0.2, 0.25) is 5.91 Å². The molecule has 2 amide bonds. The summed E-state index contributed by atoms with van der Waals surface area (Å²) in [6.07, 6.45) is 1.52. The Bertz CT molecular complexity index is 593. The van der Waals surface area contributed by atoms with Crippen molar-refractivity contribution in [2.75, 3.05) is 26.2 Å². The number of likely N-dealkylation sites (tertiary alicyclic amines) is 1. The fourth-order valence-corrected chi connectivity index (χ4v) is 3.27. The summed E-state index contributed by atoms with van der Waals surface area (Å²) < 4.78 is 12.9. The lowest BCUT2D eigenvalue weighted by atomic mass is 9.87. The number of hydrogen-bond acceptors (Lipinski definition) is 3. The summed E-state index contributed by atoms with van der Waals surface area (Å²) in [6.45, 7) is 5.22. The number of piperidine rings is 1. The third-order valence-electron chi connectivity index (χ3n) is 5.16. The van der Waals surface area contributed by atoms with Gasteiger partial charge in [-0.2, -0.15) is 0 Å². The van der Waals surface area contributed by atoms with Crippen LogP contribution in [0.4, 0.5) is 4.39 Å². The highest BCUT2D eigenvalue weighted by Gasteiger charge is 2.33. The molecule has 1 aromatic carbocycles. The van der Waals surface area contributed by atoms with Gasteiger partial charge in [-0.05, 0) is 56.1 Å². The van der Waals surface area contributed by atoms with Crippen molar-refractivity contribution in [2.24, 2.45) is 11.8 Å². The quantitative estimate of drug-likeness (QED) is 0.876. The Morgan fingerprint density at radius 3 is 2.38 bits per heavy atom. The van der Waals surface area contributed by atoms with Crippen LogP contribution in [0, 0.1) is 17.7 Å². The standard InChI is InChI=1S/C18H24FN3O2/c1-12(14-10-20-11-14)18(24)22-8-6-16(7-9-22)21-17(23)13-2-4-15(19)5-3-13/h2-5,12,14,16,20H,6-11H2,1H3,(H,21,23). The highest BCUT2D eigenvalue weighted by Crippen LogP contribution is 2.21. The monoisotopic (exact) mass is 333 g/mol. The Labute approximate surface area is 141 Å². The molecular weight excluding hydrogens is 309 g/mol. The lowest BCUT2D eigenvalue weighted by Gasteiger charge is -2.38. The number of nitrogens with one attached hydrogen (secondary N) is 2. The second-order valence-corrected chi connectivity index (χ2v) is 6.79. The van der Waals surface area contributed by atoms with Crippen LogP contribution in [0.15, 0.2) is 24.3 Å². The van der Waals surface area contributed by atoms with Crippen LogP contribution in [0.1, 0.15) is 30.1 Å². The summed E-state index contributed by atoms with van der Waals surface area (Å²) in [5, 5.41) is 6.18. The van der Waals surface area contributed by atoms with Gasteiger partial charge in [0, 0.05) is 30.6 Å². The minimum atomic E-state index is -0.353. The minimum absolute atomic E-state index is 0.0623. The fraction of sp³-hybridized carbons (Fsp3) is 0.556. The molecule has 0 spiro atoms. The lowest BCUT2D eigenvalue weighted by Crippen LogP contribution is -2.53. The average molecular weight is 333 g/mol. The lowest BCUT2D eigenvalue weighted by molar-refractivity contribution is -0.138. The van der Waals surface area contributed by atoms with E-state index in [-0.39, 0.29) is 29.6 Å². The molecule has 2 aliphatic heterocycles. The number of amides is 2. The first-order valence-electron chi connectivity index (χ1n) is 8.60. The molecule has 1 atom stereocenters. The van der Waals surface area contributed by atoms with Crippen LogP contribution in [0.5, 0.6) is 0 Å². The molecule has 130 valence electrons. The zero-order chi connectivity index (χ0) is 17.1. The first-order valence-corrected chi connectivity index (χ1v) is 8.60. The second-order valence-electron chi connectivity index (χ2n) is 6.79. The van der Waals surface area contributed by atoms with E-state index in [0.717, 1.165) is 25.9 Å². The van der Waals surface area contributed by atoms with E-state index < -0.39 is 0 Å². The topological polar surface area (TPSA) is 61.4 Å². The van der Waals surface area contributed by atoms with Gasteiger partial charge in [0.15, 0.2) is 0 Å². The first kappa shape index (κ1) is 16.9. The van der Waals surface area contributed by atoms with E-state index in [2.05, 4.69) is 10.6 Å². The molecule has 0 aliphatic carbocycles. The molecule has 2 aliphatic rings. The van der Waals surface area contributed by atoms with E-state index in [1.54, 1.807) is 0 Å². The highest BCUT2D eigenvalue weighted by molar-refractivity contribution is 5.94. The second kappa shape index (κ2) is 7.30. The van der Waals surface area contributed by atoms with E-state index >= 15 is 0 Å². The minimum Gasteiger partial charge on any atom is -0.349 e. The van der Waals surface area contributed by atoms with Crippen molar-refractivity contribution in [1.29, 1.82) is 0 Å². The number of benzene rings is 1. The molecule has 6 heteroatoms. The van der Waals surface area contributed by atoms with Crippen molar-refractivity contribution < 1.29 is 14.0 Å². The Morgan fingerprint density at radius 2 is 1.83 bits per heavy atom. The molecule has 0 saturated carbocycles. The molecule has 3 rings (SSSR count). The predicted molar refractivity (Wildman–Crippen MR) is 89.0 cm³/mol. The maximum Gasteiger partial charge on any atom is 0.251 e. The normalized spacial score (nSPS) is 20.3. The summed E-state index contributed by atoms with van der Waals surface area (Å²) in [5.41, 5.74) is 0.459. The van der Waals surface area contributed by atoms with Crippen LogP contribution in [0.2, 0.25) is 0 Å². The molecule has 24 heavy (non-hydrogen) atoms. The fourth-order valence-electron chi connectivity index (χ4n) is 3.27. The van der Waals surface area contributed by atoms with E-state index in [4.69, 9.17) is 0 Å². The Balaban J connectivity index is 1.47. The number of hydrogen-bond donors (Lipinski definition) is 2. The van der Waals surface area contributed by atoms with Crippen LogP contribution in [-0.2, 0) is 4.79 Å². The SMILES string of the molecule is CC(C(=O)N1CCC(NC(=O)c2ccc(F)cc2)CC1)C1CNC1. The van der Waals surface area contributed by atoms with Gasteiger partial charge in [0.1, 0.15) is 5.82 Å². The van der Waals surface area contributed by atoms with E-state index in [1.807, 2.05) is 11.8 Å². The van der Waals surface area contributed by atoms with Crippen LogP contribution < -0.4 is 10.6 Å². The predicted octanol–water partition coefficient (Wildman–Crippen LogP) is 1.40. The van der Waals surface area contributed by atoms with Crippen LogP contribution in [0.25, 0.3) is 0 Å². The van der Waals surface area contributed by atoms with Gasteiger partial charge < -0.3 is 15.5 Å². The van der Waals surface area contributed by atoms with Crippen molar-refractivity contribution >= 4 is 11.8 Å². The highest BCUT2D eigenvalue weighted by atomic mass is 19.1. The van der Waals surface area contributed by atoms with Crippen molar-refractivity contribution in [3.8, 4) is 0 Å². The average Bonchev–Trinajstić information content (AvgIpc) is 2.54. The Kier molecular flexibility index (Phi) is 5.14. The number of carbonyl (C=O) groups is 2. The van der Waals surface area contributed by atoms with E-state index in [0.29, 0.717) is 24.6 Å². The summed E-state index contributed by atoms with van der Waals surface area (Å²) in [4.78, 5) is 26.6. The van der Waals surface area contributed by atoms with E-state index in [1.165, 1.54) is 24.3 Å². The Hall–Kier alpha value is -1.95. The van der Waals surface area contributed by atoms with Crippen molar-refractivity contribution in [3.63, 3.8) is 0 Å². The third kappa shape index (κ3) is 3.75. The molecule has 0 radical (unpaired) electrons. The Morgan fingerprint density at radius 1 is 1.21 bits per heavy atom. The molecule has 0 bridgehead atoms. The van der Waals surface area contributed by atoms with Gasteiger partial charge in [-0.25, -0.2) is 4.39 Å². The number of nitrogens with zero attached hydrogens (tertiary/aromatic N) is 1. The summed E-state index contributed by atoms with van der Waals surface area (Å²) >= 11 is 0. The number of carbonyl (C=O) groups excluding carboxylic acids is 2. The van der Waals surface area contributed by atoms with Gasteiger partial charge >= 0.3 is 0 Å².